The van der Waals surface area contributed by atoms with Crippen molar-refractivity contribution in [1.29, 1.82) is 0 Å². The number of benzene rings is 1. The number of rotatable bonds is 3. The average molecular weight is 270 g/mol. The lowest BCUT2D eigenvalue weighted by Gasteiger charge is -2.27. The lowest BCUT2D eigenvalue weighted by molar-refractivity contribution is 0.512. The van der Waals surface area contributed by atoms with Gasteiger partial charge in [-0.3, -0.25) is 0 Å². The van der Waals surface area contributed by atoms with Crippen LogP contribution in [0.3, 0.4) is 0 Å². The molecule has 1 aliphatic rings. The summed E-state index contributed by atoms with van der Waals surface area (Å²) < 4.78 is 27.8. The van der Waals surface area contributed by atoms with Gasteiger partial charge in [0.05, 0.1) is 0 Å². The maximum Gasteiger partial charge on any atom is 0.150 e. The Morgan fingerprint density at radius 3 is 2.22 bits per heavy atom. The lowest BCUT2D eigenvalue weighted by Crippen LogP contribution is -2.32. The Morgan fingerprint density at radius 1 is 1.28 bits per heavy atom. The molecule has 0 aromatic heterocycles. The second-order valence-corrected chi connectivity index (χ2v) is 5.51. The van der Waals surface area contributed by atoms with E-state index in [9.17, 15) is 8.78 Å². The van der Waals surface area contributed by atoms with Crippen molar-refractivity contribution >= 4 is 22.9 Å². The van der Waals surface area contributed by atoms with Gasteiger partial charge in [-0.2, -0.15) is 0 Å². The molecule has 1 aromatic rings. The molecular formula is C13H16F2N2S. The van der Waals surface area contributed by atoms with Crippen LogP contribution in [0, 0.1) is 11.6 Å². The third-order valence-electron chi connectivity index (χ3n) is 3.46. The molecule has 2 nitrogen and oxygen atoms in total. The second-order valence-electron chi connectivity index (χ2n) is 5.07. The van der Waals surface area contributed by atoms with Crippen LogP contribution in [0.15, 0.2) is 12.1 Å². The maximum absolute atomic E-state index is 13.9. The van der Waals surface area contributed by atoms with Gasteiger partial charge in [0.1, 0.15) is 22.3 Å². The van der Waals surface area contributed by atoms with Gasteiger partial charge in [-0.1, -0.05) is 25.1 Å². The van der Waals surface area contributed by atoms with E-state index in [4.69, 9.17) is 18.0 Å². The van der Waals surface area contributed by atoms with Crippen LogP contribution in [-0.2, 0) is 0 Å². The highest BCUT2D eigenvalue weighted by Gasteiger charge is 2.30. The Hall–Kier alpha value is -1.23. The van der Waals surface area contributed by atoms with E-state index >= 15 is 0 Å². The van der Waals surface area contributed by atoms with Gasteiger partial charge in [0.15, 0.2) is 0 Å². The minimum absolute atomic E-state index is 0.00794. The molecule has 2 rings (SSSR count). The summed E-state index contributed by atoms with van der Waals surface area (Å²) in [4.78, 5) is -0.00794. The van der Waals surface area contributed by atoms with E-state index in [1.54, 1.807) is 0 Å². The van der Waals surface area contributed by atoms with Crippen molar-refractivity contribution in [2.45, 2.75) is 38.1 Å². The Labute approximate surface area is 111 Å². The van der Waals surface area contributed by atoms with Gasteiger partial charge in [-0.25, -0.2) is 8.78 Å². The highest BCUT2D eigenvalue weighted by molar-refractivity contribution is 7.80. The molecule has 0 unspecified atom stereocenters. The average Bonchev–Trinajstić information content (AvgIpc) is 2.70. The van der Waals surface area contributed by atoms with Crippen molar-refractivity contribution in [3.63, 3.8) is 0 Å². The van der Waals surface area contributed by atoms with Gasteiger partial charge in [0.2, 0.25) is 0 Å². The van der Waals surface area contributed by atoms with Crippen molar-refractivity contribution in [1.82, 2.24) is 0 Å². The summed E-state index contributed by atoms with van der Waals surface area (Å²) in [5.74, 6) is -1.29. The van der Waals surface area contributed by atoms with E-state index in [1.165, 1.54) is 12.1 Å². The molecule has 1 aliphatic carbocycles. The highest BCUT2D eigenvalue weighted by Crippen LogP contribution is 2.34. The molecule has 0 spiro atoms. The van der Waals surface area contributed by atoms with Crippen LogP contribution in [0.1, 0.15) is 38.2 Å². The molecule has 1 aromatic carbocycles. The summed E-state index contributed by atoms with van der Waals surface area (Å²) in [5, 5.41) is 2.99. The second kappa shape index (κ2) is 4.80. The van der Waals surface area contributed by atoms with Gasteiger partial charge >= 0.3 is 0 Å². The van der Waals surface area contributed by atoms with E-state index in [2.05, 4.69) is 5.32 Å². The molecule has 0 saturated heterocycles. The van der Waals surface area contributed by atoms with Gasteiger partial charge in [-0.15, -0.1) is 0 Å². The number of nitrogens with one attached hydrogen (secondary N) is 1. The molecular weight excluding hydrogens is 254 g/mol. The molecule has 5 heteroatoms. The quantitative estimate of drug-likeness (QED) is 0.827. The van der Waals surface area contributed by atoms with Gasteiger partial charge in [-0.05, 0) is 31.9 Å². The number of hydrogen-bond acceptors (Lipinski definition) is 2. The summed E-state index contributed by atoms with van der Waals surface area (Å²) in [6.07, 6.45) is 4.00. The smallest absolute Gasteiger partial charge is 0.150 e. The zero-order chi connectivity index (χ0) is 13.3. The monoisotopic (exact) mass is 270 g/mol. The highest BCUT2D eigenvalue weighted by atomic mass is 32.1. The molecule has 0 aliphatic heterocycles. The number of anilines is 1. The third kappa shape index (κ3) is 2.61. The number of halogens is 2. The van der Waals surface area contributed by atoms with E-state index < -0.39 is 11.6 Å². The SMILES string of the molecule is CC1(Nc2c(F)cc(C(N)=S)cc2F)CCCC1. The Balaban J connectivity index is 2.31. The first-order valence-electron chi connectivity index (χ1n) is 5.98. The van der Waals surface area contributed by atoms with Crippen LogP contribution in [0.5, 0.6) is 0 Å². The molecule has 1 saturated carbocycles. The molecule has 0 radical (unpaired) electrons. The number of nitrogens with two attached hydrogens (primary N) is 1. The van der Waals surface area contributed by atoms with Gasteiger partial charge in [0, 0.05) is 11.1 Å². The van der Waals surface area contributed by atoms with Crippen LogP contribution in [-0.4, -0.2) is 10.5 Å². The van der Waals surface area contributed by atoms with Crippen molar-refractivity contribution in [2.75, 3.05) is 5.32 Å². The Kier molecular flexibility index (Phi) is 3.52. The molecule has 3 N–H and O–H groups in total. The minimum Gasteiger partial charge on any atom is -0.389 e. The predicted molar refractivity (Wildman–Crippen MR) is 72.7 cm³/mol. The van der Waals surface area contributed by atoms with Gasteiger partial charge in [0.25, 0.3) is 0 Å². The van der Waals surface area contributed by atoms with Crippen LogP contribution in [0.2, 0.25) is 0 Å². The topological polar surface area (TPSA) is 38.0 Å². The van der Waals surface area contributed by atoms with Crippen LogP contribution < -0.4 is 11.1 Å². The van der Waals surface area contributed by atoms with E-state index in [1.807, 2.05) is 6.92 Å². The van der Waals surface area contributed by atoms with Gasteiger partial charge < -0.3 is 11.1 Å². The zero-order valence-corrected chi connectivity index (χ0v) is 11.0. The first kappa shape index (κ1) is 13.2. The number of hydrogen-bond donors (Lipinski definition) is 2. The zero-order valence-electron chi connectivity index (χ0n) is 10.2. The molecule has 0 amide bonds. The molecule has 1 fully saturated rings. The van der Waals surface area contributed by atoms with Crippen LogP contribution in [0.4, 0.5) is 14.5 Å². The van der Waals surface area contributed by atoms with Crippen molar-refractivity contribution < 1.29 is 8.78 Å². The summed E-state index contributed by atoms with van der Waals surface area (Å²) in [5.41, 5.74) is 5.27. The van der Waals surface area contributed by atoms with Crippen molar-refractivity contribution in [3.8, 4) is 0 Å². The summed E-state index contributed by atoms with van der Waals surface area (Å²) >= 11 is 4.71. The molecule has 0 atom stereocenters. The summed E-state index contributed by atoms with van der Waals surface area (Å²) in [6.45, 7) is 1.99. The van der Waals surface area contributed by atoms with E-state index in [-0.39, 0.29) is 21.8 Å². The minimum atomic E-state index is -0.647. The number of thiocarbonyl (C=S) groups is 1. The first-order chi connectivity index (χ1) is 8.41. The molecule has 0 bridgehead atoms. The predicted octanol–water partition coefficient (Wildman–Crippen LogP) is 3.34. The summed E-state index contributed by atoms with van der Waals surface area (Å²) in [7, 11) is 0. The Bertz CT molecular complexity index is 459. The van der Waals surface area contributed by atoms with E-state index in [0.29, 0.717) is 0 Å². The van der Waals surface area contributed by atoms with E-state index in [0.717, 1.165) is 25.7 Å². The molecule has 0 heterocycles. The van der Waals surface area contributed by atoms with Crippen LogP contribution in [0.25, 0.3) is 0 Å². The first-order valence-corrected chi connectivity index (χ1v) is 6.39. The fraction of sp³-hybridized carbons (Fsp3) is 0.462. The Morgan fingerprint density at radius 2 is 1.78 bits per heavy atom. The van der Waals surface area contributed by atoms with Crippen molar-refractivity contribution in [2.24, 2.45) is 5.73 Å². The fourth-order valence-electron chi connectivity index (χ4n) is 2.42. The molecule has 98 valence electrons. The largest absolute Gasteiger partial charge is 0.389 e. The fourth-order valence-corrected chi connectivity index (χ4v) is 2.53. The summed E-state index contributed by atoms with van der Waals surface area (Å²) in [6, 6.07) is 2.35. The third-order valence-corrected chi connectivity index (χ3v) is 3.70. The standard InChI is InChI=1S/C13H16F2N2S/c1-13(4-2-3-5-13)17-11-9(14)6-8(12(16)18)7-10(11)15/h6-7,17H,2-5H2,1H3,(H2,16,18). The molecule has 18 heavy (non-hydrogen) atoms. The van der Waals surface area contributed by atoms with Crippen LogP contribution >= 0.6 is 12.2 Å². The maximum atomic E-state index is 13.9. The van der Waals surface area contributed by atoms with Crippen molar-refractivity contribution in [3.05, 3.63) is 29.3 Å². The normalized spacial score (nSPS) is 17.7. The lowest BCUT2D eigenvalue weighted by atomic mass is 10.00.